The molecular formula is C16H25ClN2O3. The smallest absolute Gasteiger partial charge is 0.161 e. The third-order valence-electron chi connectivity index (χ3n) is 3.84. The summed E-state index contributed by atoms with van der Waals surface area (Å²) in [5, 5.41) is 26.3. The maximum Gasteiger partial charge on any atom is 0.161 e. The molecule has 0 spiro atoms. The Morgan fingerprint density at radius 3 is 2.82 bits per heavy atom. The molecule has 0 aliphatic carbocycles. The van der Waals surface area contributed by atoms with Crippen LogP contribution >= 0.6 is 12.4 Å². The molecule has 4 N–H and O–H groups in total. The van der Waals surface area contributed by atoms with Gasteiger partial charge >= 0.3 is 0 Å². The van der Waals surface area contributed by atoms with Crippen molar-refractivity contribution in [2.75, 3.05) is 26.7 Å². The molecule has 5 nitrogen and oxygen atoms in total. The van der Waals surface area contributed by atoms with E-state index in [-0.39, 0.29) is 30.2 Å². The number of aliphatic hydroxyl groups excluding tert-OH is 1. The van der Waals surface area contributed by atoms with Gasteiger partial charge in [0.05, 0.1) is 13.2 Å². The van der Waals surface area contributed by atoms with Gasteiger partial charge < -0.3 is 25.6 Å². The fourth-order valence-electron chi connectivity index (χ4n) is 2.63. The predicted molar refractivity (Wildman–Crippen MR) is 89.9 cm³/mol. The Hall–Kier alpha value is -1.27. The first-order chi connectivity index (χ1) is 10.2. The zero-order chi connectivity index (χ0) is 15.2. The number of nitrogens with one attached hydrogen (secondary N) is 2. The van der Waals surface area contributed by atoms with Gasteiger partial charge in [0.25, 0.3) is 0 Å². The van der Waals surface area contributed by atoms with E-state index in [1.54, 1.807) is 13.2 Å². The molecule has 124 valence electrons. The summed E-state index contributed by atoms with van der Waals surface area (Å²) in [5.41, 5.74) is 1.85. The summed E-state index contributed by atoms with van der Waals surface area (Å²) < 4.78 is 5.21. The second-order valence-electron chi connectivity index (χ2n) is 5.42. The average Bonchev–Trinajstić information content (AvgIpc) is 2.88. The molecule has 22 heavy (non-hydrogen) atoms. The number of aromatic hydroxyl groups is 1. The zero-order valence-corrected chi connectivity index (χ0v) is 13.7. The van der Waals surface area contributed by atoms with Crippen molar-refractivity contribution >= 4 is 12.4 Å². The minimum absolute atomic E-state index is 0. The summed E-state index contributed by atoms with van der Waals surface area (Å²) in [4.78, 5) is 0. The van der Waals surface area contributed by atoms with E-state index in [0.717, 1.165) is 24.2 Å². The number of methoxy groups -OCH3 is 1. The molecule has 1 aliphatic rings. The van der Waals surface area contributed by atoms with Crippen LogP contribution in [-0.4, -0.2) is 43.1 Å². The van der Waals surface area contributed by atoms with Crippen molar-refractivity contribution in [3.05, 3.63) is 35.9 Å². The van der Waals surface area contributed by atoms with Crippen LogP contribution in [0.3, 0.4) is 0 Å². The molecule has 1 saturated heterocycles. The molecule has 0 saturated carbocycles. The third-order valence-corrected chi connectivity index (χ3v) is 3.84. The number of halogens is 1. The molecular weight excluding hydrogens is 304 g/mol. The van der Waals surface area contributed by atoms with Gasteiger partial charge in [-0.15, -0.1) is 19.0 Å². The van der Waals surface area contributed by atoms with E-state index < -0.39 is 0 Å². The predicted octanol–water partition coefficient (Wildman–Crippen LogP) is 1.22. The van der Waals surface area contributed by atoms with Crippen LogP contribution < -0.4 is 15.4 Å². The lowest BCUT2D eigenvalue weighted by Crippen LogP contribution is -2.30. The highest BCUT2D eigenvalue weighted by atomic mass is 35.5. The highest BCUT2D eigenvalue weighted by molar-refractivity contribution is 5.85. The number of hydrogen-bond acceptors (Lipinski definition) is 5. The molecule has 1 aromatic carbocycles. The molecule has 1 aromatic rings. The molecule has 0 bridgehead atoms. The Labute approximate surface area is 137 Å². The molecule has 0 aromatic heterocycles. The van der Waals surface area contributed by atoms with Gasteiger partial charge in [0, 0.05) is 37.7 Å². The van der Waals surface area contributed by atoms with Crippen molar-refractivity contribution < 1.29 is 14.9 Å². The van der Waals surface area contributed by atoms with Gasteiger partial charge in [0.2, 0.25) is 0 Å². The molecule has 2 atom stereocenters. The van der Waals surface area contributed by atoms with Gasteiger partial charge in [-0.05, 0) is 18.1 Å². The summed E-state index contributed by atoms with van der Waals surface area (Å²) in [6.45, 7) is 6.64. The van der Waals surface area contributed by atoms with Crippen molar-refractivity contribution in [3.8, 4) is 11.5 Å². The van der Waals surface area contributed by atoms with Gasteiger partial charge in [-0.25, -0.2) is 0 Å². The number of β-amino-alcohol motifs (C(OH)–C–C–N with tert-alkyl or cyclic N) is 1. The second-order valence-corrected chi connectivity index (χ2v) is 5.42. The molecule has 0 radical (unpaired) electrons. The highest BCUT2D eigenvalue weighted by Crippen LogP contribution is 2.32. The van der Waals surface area contributed by atoms with E-state index in [1.807, 2.05) is 12.1 Å². The van der Waals surface area contributed by atoms with Crippen LogP contribution in [0, 0.1) is 5.92 Å². The van der Waals surface area contributed by atoms with E-state index in [9.17, 15) is 10.2 Å². The minimum Gasteiger partial charge on any atom is -0.504 e. The van der Waals surface area contributed by atoms with Crippen molar-refractivity contribution in [2.45, 2.75) is 19.1 Å². The number of benzene rings is 1. The van der Waals surface area contributed by atoms with Crippen molar-refractivity contribution in [1.82, 2.24) is 10.6 Å². The number of phenols is 1. The van der Waals surface area contributed by atoms with Crippen LogP contribution in [0.15, 0.2) is 24.8 Å². The maximum absolute atomic E-state index is 10.0. The molecule has 2 unspecified atom stereocenters. The summed E-state index contributed by atoms with van der Waals surface area (Å²) in [6.07, 6.45) is 2.08. The number of aliphatic hydroxyl groups is 1. The summed E-state index contributed by atoms with van der Waals surface area (Å²) in [6, 6.07) is 3.79. The standard InChI is InChI=1S/C16H24N2O3.ClH/c1-3-4-12-5-11(6-15(21-2)16(12)20)7-17-8-13-9-18-10-14(13)19;/h3,5-6,13-14,17-20H,1,4,7-10H2,2H3;1H. The first-order valence-corrected chi connectivity index (χ1v) is 7.24. The van der Waals surface area contributed by atoms with E-state index in [1.165, 1.54) is 0 Å². The number of rotatable bonds is 7. The fourth-order valence-corrected chi connectivity index (χ4v) is 2.63. The highest BCUT2D eigenvalue weighted by Gasteiger charge is 2.24. The largest absolute Gasteiger partial charge is 0.504 e. The molecule has 1 aliphatic heterocycles. The van der Waals surface area contributed by atoms with E-state index >= 15 is 0 Å². The fraction of sp³-hybridized carbons (Fsp3) is 0.500. The van der Waals surface area contributed by atoms with Crippen LogP contribution in [0.4, 0.5) is 0 Å². The Bertz CT molecular complexity index is 497. The first-order valence-electron chi connectivity index (χ1n) is 7.24. The normalized spacial score (nSPS) is 20.5. The van der Waals surface area contributed by atoms with Crippen molar-refractivity contribution in [2.24, 2.45) is 5.92 Å². The Balaban J connectivity index is 0.00000242. The zero-order valence-electron chi connectivity index (χ0n) is 12.8. The van der Waals surface area contributed by atoms with Crippen LogP contribution in [0.5, 0.6) is 11.5 Å². The molecule has 6 heteroatoms. The van der Waals surface area contributed by atoms with E-state index in [4.69, 9.17) is 4.74 Å². The number of phenolic OH excluding ortho intramolecular Hbond substituents is 1. The van der Waals surface area contributed by atoms with Gasteiger partial charge in [-0.3, -0.25) is 0 Å². The lowest BCUT2D eigenvalue weighted by Gasteiger charge is -2.15. The Morgan fingerprint density at radius 2 is 2.23 bits per heavy atom. The van der Waals surface area contributed by atoms with Gasteiger partial charge in [0.15, 0.2) is 11.5 Å². The van der Waals surface area contributed by atoms with Crippen molar-refractivity contribution in [3.63, 3.8) is 0 Å². The van der Waals surface area contributed by atoms with Gasteiger partial charge in [0.1, 0.15) is 0 Å². The van der Waals surface area contributed by atoms with Gasteiger partial charge in [-0.2, -0.15) is 0 Å². The van der Waals surface area contributed by atoms with Crippen LogP contribution in [0.1, 0.15) is 11.1 Å². The molecule has 0 amide bonds. The second kappa shape index (κ2) is 9.00. The maximum atomic E-state index is 10.0. The molecule has 1 fully saturated rings. The van der Waals surface area contributed by atoms with Gasteiger partial charge in [-0.1, -0.05) is 12.1 Å². The topological polar surface area (TPSA) is 73.8 Å². The molecule has 2 rings (SSSR count). The third kappa shape index (κ3) is 4.61. The summed E-state index contributed by atoms with van der Waals surface area (Å²) >= 11 is 0. The minimum atomic E-state index is -0.275. The van der Waals surface area contributed by atoms with Crippen LogP contribution in [0.25, 0.3) is 0 Å². The SMILES string of the molecule is C=CCc1cc(CNCC2CNCC2O)cc(OC)c1O.Cl. The van der Waals surface area contributed by atoms with Crippen LogP contribution in [-0.2, 0) is 13.0 Å². The number of ether oxygens (including phenoxy) is 1. The number of allylic oxidation sites excluding steroid dienone is 1. The Kier molecular flexibility index (Phi) is 7.68. The summed E-state index contributed by atoms with van der Waals surface area (Å²) in [5.74, 6) is 0.905. The van der Waals surface area contributed by atoms with E-state index in [2.05, 4.69) is 17.2 Å². The van der Waals surface area contributed by atoms with E-state index in [0.29, 0.717) is 25.3 Å². The Morgan fingerprint density at radius 1 is 1.45 bits per heavy atom. The lowest BCUT2D eigenvalue weighted by molar-refractivity contribution is 0.146. The number of hydrogen-bond donors (Lipinski definition) is 4. The van der Waals surface area contributed by atoms with Crippen LogP contribution in [0.2, 0.25) is 0 Å². The monoisotopic (exact) mass is 328 g/mol. The van der Waals surface area contributed by atoms with Crippen molar-refractivity contribution in [1.29, 1.82) is 0 Å². The lowest BCUT2D eigenvalue weighted by atomic mass is 10.0. The summed E-state index contributed by atoms with van der Waals surface area (Å²) in [7, 11) is 1.55. The molecule has 1 heterocycles. The average molecular weight is 329 g/mol. The first kappa shape index (κ1) is 18.8. The quantitative estimate of drug-likeness (QED) is 0.566.